The molecule has 0 aliphatic heterocycles. The van der Waals surface area contributed by atoms with Gasteiger partial charge < -0.3 is 4.74 Å². The summed E-state index contributed by atoms with van der Waals surface area (Å²) in [7, 11) is 1.71. The number of rotatable bonds is 4. The number of aromatic nitrogens is 4. The van der Waals surface area contributed by atoms with Crippen molar-refractivity contribution in [1.82, 2.24) is 19.7 Å². The highest BCUT2D eigenvalue weighted by atomic mass is 16.5. The highest BCUT2D eigenvalue weighted by Gasteiger charge is 2.24. The lowest BCUT2D eigenvalue weighted by atomic mass is 9.81. The molecule has 6 nitrogen and oxygen atoms in total. The maximum atomic E-state index is 12.8. The normalized spacial score (nSPS) is 16.3. The summed E-state index contributed by atoms with van der Waals surface area (Å²) < 4.78 is 6.52. The molecule has 1 aromatic carbocycles. The van der Waals surface area contributed by atoms with E-state index < -0.39 is 0 Å². The van der Waals surface area contributed by atoms with E-state index in [9.17, 15) is 4.79 Å². The summed E-state index contributed by atoms with van der Waals surface area (Å²) in [6.45, 7) is 0.612. The van der Waals surface area contributed by atoms with Gasteiger partial charge in [0.05, 0.1) is 12.8 Å². The Hall–Kier alpha value is -2.86. The number of methoxy groups -OCH3 is 1. The van der Waals surface area contributed by atoms with Crippen LogP contribution in [-0.2, 0) is 24.2 Å². The van der Waals surface area contributed by atoms with Crippen LogP contribution in [0.2, 0.25) is 0 Å². The molecule has 3 aromatic rings. The third-order valence-corrected chi connectivity index (χ3v) is 4.85. The Morgan fingerprint density at radius 3 is 2.88 bits per heavy atom. The largest absolute Gasteiger partial charge is 0.380 e. The number of hydrogen-bond donors (Lipinski definition) is 0. The van der Waals surface area contributed by atoms with Crippen molar-refractivity contribution in [3.63, 3.8) is 0 Å². The molecule has 26 heavy (non-hydrogen) atoms. The minimum atomic E-state index is -0.111. The molecule has 0 radical (unpaired) electrons. The Bertz CT molecular complexity index is 969. The minimum Gasteiger partial charge on any atom is -0.380 e. The summed E-state index contributed by atoms with van der Waals surface area (Å²) in [6, 6.07) is 10.2. The fourth-order valence-corrected chi connectivity index (χ4v) is 3.58. The zero-order valence-corrected chi connectivity index (χ0v) is 14.6. The van der Waals surface area contributed by atoms with E-state index in [1.165, 1.54) is 15.8 Å². The quantitative estimate of drug-likeness (QED) is 0.724. The molecule has 132 valence electrons. The van der Waals surface area contributed by atoms with Gasteiger partial charge in [-0.15, -0.1) is 0 Å². The van der Waals surface area contributed by atoms with E-state index in [0.29, 0.717) is 18.5 Å². The van der Waals surface area contributed by atoms with Crippen LogP contribution in [0, 0.1) is 0 Å². The zero-order chi connectivity index (χ0) is 17.9. The van der Waals surface area contributed by atoms with Crippen LogP contribution in [-0.4, -0.2) is 26.9 Å². The summed E-state index contributed by atoms with van der Waals surface area (Å²) in [6.07, 6.45) is 7.52. The molecule has 0 amide bonds. The lowest BCUT2D eigenvalue weighted by Crippen LogP contribution is -2.30. The Morgan fingerprint density at radius 1 is 1.23 bits per heavy atom. The Kier molecular flexibility index (Phi) is 4.58. The molecule has 0 bridgehead atoms. The van der Waals surface area contributed by atoms with Crippen LogP contribution in [0.25, 0.3) is 5.95 Å². The van der Waals surface area contributed by atoms with E-state index in [1.807, 2.05) is 0 Å². The van der Waals surface area contributed by atoms with Gasteiger partial charge in [-0.3, -0.25) is 4.79 Å². The summed E-state index contributed by atoms with van der Waals surface area (Å²) in [5.41, 5.74) is 4.21. The number of benzene rings is 1. The third kappa shape index (κ3) is 3.15. The van der Waals surface area contributed by atoms with Crippen LogP contribution in [0.1, 0.15) is 34.6 Å². The Balaban J connectivity index is 1.63. The van der Waals surface area contributed by atoms with Crippen LogP contribution < -0.4 is 5.56 Å². The van der Waals surface area contributed by atoms with E-state index >= 15 is 0 Å². The second-order valence-electron chi connectivity index (χ2n) is 6.53. The molecule has 1 aliphatic rings. The molecule has 0 spiro atoms. The summed E-state index contributed by atoms with van der Waals surface area (Å²) in [5.74, 6) is 0.707. The standard InChI is InChI=1S/C20H20N4O2/c1-26-13-14-4-2-5-15(10-14)16-6-7-18-17(11-16)12-23-24(19(18)25)20-21-8-3-9-22-20/h2-5,8-10,12,16H,6-7,11,13H2,1H3. The maximum Gasteiger partial charge on any atom is 0.277 e. The molecule has 6 heteroatoms. The Labute approximate surface area is 151 Å². The number of fused-ring (bicyclic) bond motifs is 1. The van der Waals surface area contributed by atoms with Crippen LogP contribution in [0.15, 0.2) is 53.7 Å². The second kappa shape index (κ2) is 7.17. The number of hydrogen-bond acceptors (Lipinski definition) is 5. The van der Waals surface area contributed by atoms with Gasteiger partial charge >= 0.3 is 0 Å². The second-order valence-corrected chi connectivity index (χ2v) is 6.53. The molecule has 4 rings (SSSR count). The van der Waals surface area contributed by atoms with Gasteiger partial charge in [0.15, 0.2) is 0 Å². The van der Waals surface area contributed by atoms with Crippen molar-refractivity contribution in [3.05, 3.63) is 81.5 Å². The van der Waals surface area contributed by atoms with Crippen molar-refractivity contribution in [2.24, 2.45) is 0 Å². The first kappa shape index (κ1) is 16.6. The molecule has 1 aliphatic carbocycles. The van der Waals surface area contributed by atoms with Crippen molar-refractivity contribution in [3.8, 4) is 5.95 Å². The van der Waals surface area contributed by atoms with Crippen molar-refractivity contribution < 1.29 is 4.74 Å². The molecular formula is C20H20N4O2. The van der Waals surface area contributed by atoms with E-state index in [4.69, 9.17) is 4.74 Å². The van der Waals surface area contributed by atoms with Gasteiger partial charge in [0.2, 0.25) is 0 Å². The SMILES string of the molecule is COCc1cccc(C2CCc3c(cnn(-c4ncccn4)c3=O)C2)c1. The van der Waals surface area contributed by atoms with Crippen LogP contribution >= 0.6 is 0 Å². The smallest absolute Gasteiger partial charge is 0.277 e. The topological polar surface area (TPSA) is 69.9 Å². The fraction of sp³-hybridized carbons (Fsp3) is 0.300. The van der Waals surface area contributed by atoms with Gasteiger partial charge in [-0.1, -0.05) is 24.3 Å². The molecule has 1 atom stereocenters. The van der Waals surface area contributed by atoms with Gasteiger partial charge in [-0.2, -0.15) is 9.78 Å². The number of nitrogens with zero attached hydrogens (tertiary/aromatic N) is 4. The van der Waals surface area contributed by atoms with E-state index in [-0.39, 0.29) is 5.56 Å². The summed E-state index contributed by atoms with van der Waals surface area (Å²) in [5, 5.41) is 4.30. The van der Waals surface area contributed by atoms with Crippen molar-refractivity contribution >= 4 is 0 Å². The summed E-state index contributed by atoms with van der Waals surface area (Å²) in [4.78, 5) is 21.1. The zero-order valence-electron chi connectivity index (χ0n) is 14.6. The molecule has 1 unspecified atom stereocenters. The predicted molar refractivity (Wildman–Crippen MR) is 97.3 cm³/mol. The first-order valence-electron chi connectivity index (χ1n) is 8.71. The lowest BCUT2D eigenvalue weighted by Gasteiger charge is -2.25. The summed E-state index contributed by atoms with van der Waals surface area (Å²) >= 11 is 0. The number of ether oxygens (including phenoxy) is 1. The molecule has 0 saturated carbocycles. The molecular weight excluding hydrogens is 328 g/mol. The maximum absolute atomic E-state index is 12.8. The average molecular weight is 348 g/mol. The Morgan fingerprint density at radius 2 is 2.08 bits per heavy atom. The van der Waals surface area contributed by atoms with E-state index in [2.05, 4.69) is 39.3 Å². The molecule has 2 aromatic heterocycles. The van der Waals surface area contributed by atoms with Crippen molar-refractivity contribution in [2.75, 3.05) is 7.11 Å². The molecule has 0 N–H and O–H groups in total. The van der Waals surface area contributed by atoms with Crippen molar-refractivity contribution in [2.45, 2.75) is 31.8 Å². The lowest BCUT2D eigenvalue weighted by molar-refractivity contribution is 0.185. The van der Waals surface area contributed by atoms with Gasteiger partial charge in [0, 0.05) is 25.1 Å². The monoisotopic (exact) mass is 348 g/mol. The third-order valence-electron chi connectivity index (χ3n) is 4.85. The molecule has 2 heterocycles. The van der Waals surface area contributed by atoms with Crippen LogP contribution in [0.3, 0.4) is 0 Å². The van der Waals surface area contributed by atoms with Gasteiger partial charge in [0.25, 0.3) is 11.5 Å². The fourth-order valence-electron chi connectivity index (χ4n) is 3.58. The van der Waals surface area contributed by atoms with Crippen molar-refractivity contribution in [1.29, 1.82) is 0 Å². The predicted octanol–water partition coefficient (Wildman–Crippen LogP) is 2.44. The first-order valence-corrected chi connectivity index (χ1v) is 8.71. The van der Waals surface area contributed by atoms with Crippen LogP contribution in [0.4, 0.5) is 0 Å². The van der Waals surface area contributed by atoms with E-state index in [0.717, 1.165) is 30.4 Å². The highest BCUT2D eigenvalue weighted by molar-refractivity contribution is 5.33. The van der Waals surface area contributed by atoms with Gasteiger partial charge in [-0.05, 0) is 47.9 Å². The van der Waals surface area contributed by atoms with Crippen LogP contribution in [0.5, 0.6) is 0 Å². The highest BCUT2D eigenvalue weighted by Crippen LogP contribution is 2.31. The molecule has 0 fully saturated rings. The van der Waals surface area contributed by atoms with Gasteiger partial charge in [0.1, 0.15) is 0 Å². The van der Waals surface area contributed by atoms with E-state index in [1.54, 1.807) is 31.8 Å². The molecule has 0 saturated heterocycles. The average Bonchev–Trinajstić information content (AvgIpc) is 2.69. The first-order chi connectivity index (χ1) is 12.8. The van der Waals surface area contributed by atoms with Gasteiger partial charge in [-0.25, -0.2) is 9.97 Å². The minimum absolute atomic E-state index is 0.111.